The first kappa shape index (κ1) is 16.6. The summed E-state index contributed by atoms with van der Waals surface area (Å²) in [6.07, 6.45) is 15.4. The molecule has 118 valence electrons. The lowest BCUT2D eigenvalue weighted by Crippen LogP contribution is -2.13. The first-order valence-corrected chi connectivity index (χ1v) is 9.42. The van der Waals surface area contributed by atoms with Crippen LogP contribution in [0.25, 0.3) is 0 Å². The molecule has 1 aliphatic rings. The van der Waals surface area contributed by atoms with Gasteiger partial charge in [0.1, 0.15) is 0 Å². The van der Waals surface area contributed by atoms with E-state index in [1.807, 2.05) is 0 Å². The molecule has 0 aromatic heterocycles. The van der Waals surface area contributed by atoms with Crippen molar-refractivity contribution in [2.24, 2.45) is 5.92 Å². The van der Waals surface area contributed by atoms with Crippen molar-refractivity contribution in [2.45, 2.75) is 90.4 Å². The van der Waals surface area contributed by atoms with Gasteiger partial charge >= 0.3 is 0 Å². The summed E-state index contributed by atoms with van der Waals surface area (Å²) in [4.78, 5) is 0. The van der Waals surface area contributed by atoms with Crippen LogP contribution in [-0.4, -0.2) is 0 Å². The number of benzene rings is 1. The quantitative estimate of drug-likeness (QED) is 0.457. The van der Waals surface area contributed by atoms with Gasteiger partial charge in [-0.3, -0.25) is 0 Å². The number of hydrogen-bond donors (Lipinski definition) is 0. The van der Waals surface area contributed by atoms with Gasteiger partial charge in [-0.1, -0.05) is 70.2 Å². The van der Waals surface area contributed by atoms with Gasteiger partial charge in [-0.15, -0.1) is 0 Å². The van der Waals surface area contributed by atoms with Crippen molar-refractivity contribution >= 4 is 0 Å². The number of rotatable bonds is 8. The van der Waals surface area contributed by atoms with E-state index >= 15 is 0 Å². The van der Waals surface area contributed by atoms with Gasteiger partial charge in [-0.2, -0.15) is 0 Å². The van der Waals surface area contributed by atoms with Crippen molar-refractivity contribution in [3.8, 4) is 0 Å². The normalized spacial score (nSPS) is 22.4. The van der Waals surface area contributed by atoms with Gasteiger partial charge < -0.3 is 0 Å². The summed E-state index contributed by atoms with van der Waals surface area (Å²) in [6, 6.07) is 9.57. The van der Waals surface area contributed by atoms with Crippen molar-refractivity contribution < 1.29 is 0 Å². The van der Waals surface area contributed by atoms with Crippen LogP contribution < -0.4 is 0 Å². The maximum Gasteiger partial charge on any atom is -0.0162 e. The molecule has 1 fully saturated rings. The summed E-state index contributed by atoms with van der Waals surface area (Å²) in [5.74, 6) is 1.87. The van der Waals surface area contributed by atoms with E-state index in [1.165, 1.54) is 76.2 Å². The van der Waals surface area contributed by atoms with E-state index < -0.39 is 0 Å². The molecule has 0 bridgehead atoms. The van der Waals surface area contributed by atoms with Crippen molar-refractivity contribution in [2.75, 3.05) is 0 Å². The van der Waals surface area contributed by atoms with Crippen molar-refractivity contribution in [1.82, 2.24) is 0 Å². The van der Waals surface area contributed by atoms with Crippen LogP contribution in [0.2, 0.25) is 0 Å². The monoisotopic (exact) mass is 286 g/mol. The third kappa shape index (κ3) is 5.49. The summed E-state index contributed by atoms with van der Waals surface area (Å²) >= 11 is 0. The highest BCUT2D eigenvalue weighted by Crippen LogP contribution is 2.37. The number of hydrogen-bond acceptors (Lipinski definition) is 0. The van der Waals surface area contributed by atoms with Crippen LogP contribution in [0, 0.1) is 5.92 Å². The second-order valence-electron chi connectivity index (χ2n) is 7.06. The SMILES string of the molecule is CCCCCC1CCC(c2ccc(CCCC)cc2)CC1. The molecule has 0 nitrogen and oxygen atoms in total. The first-order chi connectivity index (χ1) is 10.3. The minimum atomic E-state index is 0.840. The maximum absolute atomic E-state index is 2.41. The van der Waals surface area contributed by atoms with E-state index in [9.17, 15) is 0 Å². The van der Waals surface area contributed by atoms with E-state index in [0.29, 0.717) is 0 Å². The van der Waals surface area contributed by atoms with Gasteiger partial charge in [0.15, 0.2) is 0 Å². The molecule has 2 rings (SSSR count). The molecule has 1 aliphatic carbocycles. The predicted octanol–water partition coefficient (Wildman–Crippen LogP) is 6.88. The van der Waals surface area contributed by atoms with Crippen LogP contribution in [0.5, 0.6) is 0 Å². The number of unbranched alkanes of at least 4 members (excludes halogenated alkanes) is 3. The standard InChI is InChI=1S/C21H34/c1-3-5-7-9-19-12-16-21(17-13-19)20-14-10-18(11-15-20)8-6-4-2/h10-11,14-15,19,21H,3-9,12-13,16-17H2,1-2H3. The zero-order valence-electron chi connectivity index (χ0n) is 14.2. The molecule has 0 amide bonds. The molecule has 0 heteroatoms. The van der Waals surface area contributed by atoms with Gasteiger partial charge in [-0.25, -0.2) is 0 Å². The summed E-state index contributed by atoms with van der Waals surface area (Å²) < 4.78 is 0. The fourth-order valence-electron chi connectivity index (χ4n) is 3.80. The van der Waals surface area contributed by atoms with E-state index in [0.717, 1.165) is 11.8 Å². The fraction of sp³-hybridized carbons (Fsp3) is 0.714. The van der Waals surface area contributed by atoms with Gasteiger partial charge in [-0.05, 0) is 61.5 Å². The minimum Gasteiger partial charge on any atom is -0.0654 e. The Bertz CT molecular complexity index is 368. The average Bonchev–Trinajstić information content (AvgIpc) is 2.54. The zero-order chi connectivity index (χ0) is 14.9. The Morgan fingerprint density at radius 3 is 2.10 bits per heavy atom. The van der Waals surface area contributed by atoms with Crippen LogP contribution >= 0.6 is 0 Å². The highest BCUT2D eigenvalue weighted by Gasteiger charge is 2.21. The Balaban J connectivity index is 1.76. The molecule has 1 aromatic carbocycles. The van der Waals surface area contributed by atoms with Crippen LogP contribution in [0.15, 0.2) is 24.3 Å². The molecule has 21 heavy (non-hydrogen) atoms. The summed E-state index contributed by atoms with van der Waals surface area (Å²) in [6.45, 7) is 4.58. The summed E-state index contributed by atoms with van der Waals surface area (Å²) in [5, 5.41) is 0. The van der Waals surface area contributed by atoms with Crippen molar-refractivity contribution in [3.05, 3.63) is 35.4 Å². The lowest BCUT2D eigenvalue weighted by Gasteiger charge is -2.29. The minimum absolute atomic E-state index is 0.840. The summed E-state index contributed by atoms with van der Waals surface area (Å²) in [7, 11) is 0. The average molecular weight is 287 g/mol. The largest absolute Gasteiger partial charge is 0.0654 e. The summed E-state index contributed by atoms with van der Waals surface area (Å²) in [5.41, 5.74) is 3.12. The van der Waals surface area contributed by atoms with Crippen LogP contribution in [-0.2, 0) is 6.42 Å². The third-order valence-electron chi connectivity index (χ3n) is 5.33. The first-order valence-electron chi connectivity index (χ1n) is 9.42. The molecular weight excluding hydrogens is 252 g/mol. The Kier molecular flexibility index (Phi) is 7.33. The van der Waals surface area contributed by atoms with Crippen molar-refractivity contribution in [3.63, 3.8) is 0 Å². The number of aryl methyl sites for hydroxylation is 1. The molecule has 0 heterocycles. The lowest BCUT2D eigenvalue weighted by atomic mass is 9.77. The lowest BCUT2D eigenvalue weighted by molar-refractivity contribution is 0.303. The molecule has 1 aromatic rings. The topological polar surface area (TPSA) is 0 Å². The maximum atomic E-state index is 2.41. The Morgan fingerprint density at radius 1 is 0.810 bits per heavy atom. The van der Waals surface area contributed by atoms with E-state index in [-0.39, 0.29) is 0 Å². The van der Waals surface area contributed by atoms with Gasteiger partial charge in [0.25, 0.3) is 0 Å². The third-order valence-corrected chi connectivity index (χ3v) is 5.33. The Hall–Kier alpha value is -0.780. The van der Waals surface area contributed by atoms with Gasteiger partial charge in [0.05, 0.1) is 0 Å². The molecule has 0 spiro atoms. The molecule has 0 unspecified atom stereocenters. The molecule has 0 aliphatic heterocycles. The molecule has 0 saturated heterocycles. The smallest absolute Gasteiger partial charge is 0.0162 e. The molecule has 0 N–H and O–H groups in total. The van der Waals surface area contributed by atoms with Gasteiger partial charge in [0, 0.05) is 0 Å². The highest BCUT2D eigenvalue weighted by molar-refractivity contribution is 5.25. The second-order valence-corrected chi connectivity index (χ2v) is 7.06. The molecular formula is C21H34. The van der Waals surface area contributed by atoms with Crippen LogP contribution in [0.1, 0.15) is 95.1 Å². The van der Waals surface area contributed by atoms with E-state index in [2.05, 4.69) is 38.1 Å². The van der Waals surface area contributed by atoms with E-state index in [1.54, 1.807) is 5.56 Å². The predicted molar refractivity (Wildman–Crippen MR) is 93.9 cm³/mol. The fourth-order valence-corrected chi connectivity index (χ4v) is 3.80. The Labute approximate surface area is 132 Å². The zero-order valence-corrected chi connectivity index (χ0v) is 14.2. The molecule has 0 atom stereocenters. The second kappa shape index (κ2) is 9.28. The highest BCUT2D eigenvalue weighted by atomic mass is 14.3. The van der Waals surface area contributed by atoms with E-state index in [4.69, 9.17) is 0 Å². The van der Waals surface area contributed by atoms with Crippen molar-refractivity contribution in [1.29, 1.82) is 0 Å². The van der Waals surface area contributed by atoms with Crippen LogP contribution in [0.3, 0.4) is 0 Å². The Morgan fingerprint density at radius 2 is 1.48 bits per heavy atom. The molecule has 1 saturated carbocycles. The molecule has 0 radical (unpaired) electrons. The van der Waals surface area contributed by atoms with Crippen LogP contribution in [0.4, 0.5) is 0 Å². The van der Waals surface area contributed by atoms with Gasteiger partial charge in [0.2, 0.25) is 0 Å².